The highest BCUT2D eigenvalue weighted by atomic mass is 32.1. The third-order valence-corrected chi connectivity index (χ3v) is 4.33. The van der Waals surface area contributed by atoms with Crippen LogP contribution in [-0.2, 0) is 4.74 Å². The van der Waals surface area contributed by atoms with Crippen molar-refractivity contribution in [3.8, 4) is 0 Å². The molecule has 0 saturated heterocycles. The molecule has 0 saturated carbocycles. The maximum absolute atomic E-state index is 11.7. The summed E-state index contributed by atoms with van der Waals surface area (Å²) < 4.78 is 4.57. The standard InChI is InChI=1S/C12H6O7S2/c13-9(14)5-1-3-7(20-5)11(17)19-12(18)8-4-2-6(21-8)10(15)16/h1-4H,(H,13,14)(H,15,16). The highest BCUT2D eigenvalue weighted by molar-refractivity contribution is 7.16. The van der Waals surface area contributed by atoms with E-state index in [1.807, 2.05) is 0 Å². The molecule has 0 fully saturated rings. The largest absolute Gasteiger partial charge is 0.477 e. The molecule has 0 amide bonds. The van der Waals surface area contributed by atoms with Crippen molar-refractivity contribution in [3.05, 3.63) is 43.8 Å². The van der Waals surface area contributed by atoms with E-state index in [1.54, 1.807) is 0 Å². The summed E-state index contributed by atoms with van der Waals surface area (Å²) in [7, 11) is 0. The molecule has 108 valence electrons. The van der Waals surface area contributed by atoms with Crippen molar-refractivity contribution in [2.75, 3.05) is 0 Å². The van der Waals surface area contributed by atoms with Crippen LogP contribution in [0.25, 0.3) is 0 Å². The first-order valence-electron chi connectivity index (χ1n) is 5.31. The zero-order chi connectivity index (χ0) is 15.6. The second kappa shape index (κ2) is 5.85. The number of esters is 2. The molecule has 0 spiro atoms. The van der Waals surface area contributed by atoms with Crippen LogP contribution < -0.4 is 0 Å². The molecule has 9 heteroatoms. The molecule has 7 nitrogen and oxygen atoms in total. The molecular formula is C12H6O7S2. The first kappa shape index (κ1) is 14.9. The van der Waals surface area contributed by atoms with E-state index in [4.69, 9.17) is 10.2 Å². The predicted octanol–water partition coefficient (Wildman–Crippen LogP) is 2.20. The van der Waals surface area contributed by atoms with Crippen LogP contribution in [-0.4, -0.2) is 34.1 Å². The minimum Gasteiger partial charge on any atom is -0.477 e. The number of rotatable bonds is 4. The lowest BCUT2D eigenvalue weighted by Crippen LogP contribution is -2.10. The van der Waals surface area contributed by atoms with E-state index in [0.29, 0.717) is 22.7 Å². The predicted molar refractivity (Wildman–Crippen MR) is 72.3 cm³/mol. The summed E-state index contributed by atoms with van der Waals surface area (Å²) in [5, 5.41) is 17.5. The molecule has 0 aliphatic carbocycles. The first-order chi connectivity index (χ1) is 9.88. The van der Waals surface area contributed by atoms with Gasteiger partial charge in [-0.05, 0) is 24.3 Å². The molecular weight excluding hydrogens is 320 g/mol. The zero-order valence-corrected chi connectivity index (χ0v) is 11.7. The van der Waals surface area contributed by atoms with E-state index in [0.717, 1.165) is 0 Å². The molecule has 2 heterocycles. The highest BCUT2D eigenvalue weighted by Crippen LogP contribution is 2.20. The van der Waals surface area contributed by atoms with Gasteiger partial charge < -0.3 is 14.9 Å². The van der Waals surface area contributed by atoms with E-state index in [1.165, 1.54) is 24.3 Å². The van der Waals surface area contributed by atoms with Crippen molar-refractivity contribution in [2.24, 2.45) is 0 Å². The number of aromatic carboxylic acids is 2. The average Bonchev–Trinajstić information content (AvgIpc) is 3.08. The summed E-state index contributed by atoms with van der Waals surface area (Å²) in [6, 6.07) is 4.92. The first-order valence-corrected chi connectivity index (χ1v) is 6.94. The molecule has 0 aliphatic rings. The van der Waals surface area contributed by atoms with Crippen molar-refractivity contribution in [1.29, 1.82) is 0 Å². The van der Waals surface area contributed by atoms with E-state index >= 15 is 0 Å². The van der Waals surface area contributed by atoms with Crippen molar-refractivity contribution in [3.63, 3.8) is 0 Å². The molecule has 0 bridgehead atoms. The van der Waals surface area contributed by atoms with Crippen LogP contribution in [0.3, 0.4) is 0 Å². The second-order valence-electron chi connectivity index (χ2n) is 3.62. The van der Waals surface area contributed by atoms with Gasteiger partial charge in [0.05, 0.1) is 0 Å². The van der Waals surface area contributed by atoms with Crippen LogP contribution in [0.4, 0.5) is 0 Å². The summed E-state index contributed by atoms with van der Waals surface area (Å²) in [5.74, 6) is -4.34. The highest BCUT2D eigenvalue weighted by Gasteiger charge is 2.20. The van der Waals surface area contributed by atoms with Gasteiger partial charge in [-0.3, -0.25) is 0 Å². The number of carbonyl (C=O) groups excluding carboxylic acids is 2. The maximum atomic E-state index is 11.7. The van der Waals surface area contributed by atoms with Crippen molar-refractivity contribution in [2.45, 2.75) is 0 Å². The fourth-order valence-electron chi connectivity index (χ4n) is 1.31. The minimum atomic E-state index is -1.19. The topological polar surface area (TPSA) is 118 Å². The number of hydrogen-bond acceptors (Lipinski definition) is 7. The Labute approximate surface area is 125 Å². The summed E-state index contributed by atoms with van der Waals surface area (Å²) in [6.45, 7) is 0. The van der Waals surface area contributed by atoms with Gasteiger partial charge in [0.25, 0.3) is 0 Å². The van der Waals surface area contributed by atoms with Crippen LogP contribution >= 0.6 is 22.7 Å². The van der Waals surface area contributed by atoms with E-state index in [9.17, 15) is 19.2 Å². The second-order valence-corrected chi connectivity index (χ2v) is 5.78. The summed E-state index contributed by atoms with van der Waals surface area (Å²) in [5.41, 5.74) is 0. The number of thiophene rings is 2. The van der Waals surface area contributed by atoms with Crippen LogP contribution in [0.15, 0.2) is 24.3 Å². The molecule has 0 unspecified atom stereocenters. The molecule has 21 heavy (non-hydrogen) atoms. The summed E-state index contributed by atoms with van der Waals surface area (Å²) >= 11 is 1.36. The molecule has 0 radical (unpaired) electrons. The quantitative estimate of drug-likeness (QED) is 0.653. The lowest BCUT2D eigenvalue weighted by Gasteiger charge is -1.98. The van der Waals surface area contributed by atoms with Gasteiger partial charge in [0, 0.05) is 0 Å². The third kappa shape index (κ3) is 3.33. The SMILES string of the molecule is O=C(O)c1ccc(C(=O)OC(=O)c2ccc(C(=O)O)s2)s1. The van der Waals surface area contributed by atoms with Crippen molar-refractivity contribution >= 4 is 46.6 Å². The number of hydrogen-bond donors (Lipinski definition) is 2. The Morgan fingerprint density at radius 1 is 0.714 bits per heavy atom. The Balaban J connectivity index is 2.08. The van der Waals surface area contributed by atoms with Gasteiger partial charge in [-0.15, -0.1) is 22.7 Å². The van der Waals surface area contributed by atoms with Crippen LogP contribution in [0, 0.1) is 0 Å². The number of carboxylic acids is 2. The number of carbonyl (C=O) groups is 4. The zero-order valence-electron chi connectivity index (χ0n) is 10.1. The lowest BCUT2D eigenvalue weighted by molar-refractivity contribution is 0.0404. The van der Waals surface area contributed by atoms with Crippen molar-refractivity contribution in [1.82, 2.24) is 0 Å². The lowest BCUT2D eigenvalue weighted by atomic mass is 10.4. The fraction of sp³-hybridized carbons (Fsp3) is 0. The Morgan fingerprint density at radius 3 is 1.33 bits per heavy atom. The van der Waals surface area contributed by atoms with Gasteiger partial charge in [0.15, 0.2) is 0 Å². The van der Waals surface area contributed by atoms with Crippen LogP contribution in [0.5, 0.6) is 0 Å². The van der Waals surface area contributed by atoms with Gasteiger partial charge >= 0.3 is 23.9 Å². The molecule has 0 atom stereocenters. The molecule has 2 N–H and O–H groups in total. The van der Waals surface area contributed by atoms with Gasteiger partial charge in [-0.25, -0.2) is 19.2 Å². The van der Waals surface area contributed by atoms with Gasteiger partial charge in [-0.2, -0.15) is 0 Å². The maximum Gasteiger partial charge on any atom is 0.356 e. The Bertz CT molecular complexity index is 678. The fourth-order valence-corrected chi connectivity index (χ4v) is 2.75. The molecule has 2 aromatic rings. The molecule has 0 aliphatic heterocycles. The van der Waals surface area contributed by atoms with Crippen LogP contribution in [0.1, 0.15) is 38.7 Å². The van der Waals surface area contributed by atoms with Gasteiger partial charge in [0.1, 0.15) is 19.5 Å². The average molecular weight is 326 g/mol. The monoisotopic (exact) mass is 326 g/mol. The van der Waals surface area contributed by atoms with Crippen LogP contribution in [0.2, 0.25) is 0 Å². The Kier molecular flexibility index (Phi) is 4.15. The molecule has 2 rings (SSSR count). The van der Waals surface area contributed by atoms with E-state index < -0.39 is 23.9 Å². The Morgan fingerprint density at radius 2 is 1.05 bits per heavy atom. The van der Waals surface area contributed by atoms with E-state index in [2.05, 4.69) is 4.74 Å². The minimum absolute atomic E-state index is 0.0317. The Hall–Kier alpha value is -2.52. The van der Waals surface area contributed by atoms with Gasteiger partial charge in [-0.1, -0.05) is 0 Å². The molecule has 2 aromatic heterocycles. The summed E-state index contributed by atoms with van der Waals surface area (Å²) in [4.78, 5) is 44.5. The van der Waals surface area contributed by atoms with Gasteiger partial charge in [0.2, 0.25) is 0 Å². The van der Waals surface area contributed by atoms with E-state index in [-0.39, 0.29) is 19.5 Å². The third-order valence-electron chi connectivity index (χ3n) is 2.22. The number of ether oxygens (including phenoxy) is 1. The van der Waals surface area contributed by atoms with Crippen molar-refractivity contribution < 1.29 is 34.1 Å². The normalized spacial score (nSPS) is 10.1. The smallest absolute Gasteiger partial charge is 0.356 e. The number of carboxylic acid groups (broad SMARTS) is 2. The molecule has 0 aromatic carbocycles. The summed E-state index contributed by atoms with van der Waals surface area (Å²) in [6.07, 6.45) is 0.